The molecule has 2 aromatic carbocycles. The van der Waals surface area contributed by atoms with Gasteiger partial charge in [0.15, 0.2) is 4.80 Å². The molecule has 0 spiro atoms. The number of anilines is 1. The van der Waals surface area contributed by atoms with Gasteiger partial charge in [-0.1, -0.05) is 29.5 Å². The quantitative estimate of drug-likeness (QED) is 0.466. The number of aryl methyl sites for hydroxylation is 1. The Morgan fingerprint density at radius 2 is 1.95 bits per heavy atom. The summed E-state index contributed by atoms with van der Waals surface area (Å²) in [5.41, 5.74) is 4.81. The smallest absolute Gasteiger partial charge is 0.338 e. The Bertz CT molecular complexity index is 1560. The molecule has 1 saturated heterocycles. The molecule has 2 aliphatic rings. The largest absolute Gasteiger partial charge is 0.497 e. The van der Waals surface area contributed by atoms with E-state index < -0.39 is 12.0 Å². The molecule has 0 unspecified atom stereocenters. The third kappa shape index (κ3) is 4.73. The molecule has 3 aromatic rings. The van der Waals surface area contributed by atoms with Crippen LogP contribution >= 0.6 is 11.3 Å². The number of rotatable bonds is 6. The summed E-state index contributed by atoms with van der Waals surface area (Å²) in [6.45, 7) is 8.04. The lowest BCUT2D eigenvalue weighted by Gasteiger charge is -2.25. The molecule has 7 nitrogen and oxygen atoms in total. The predicted molar refractivity (Wildman–Crippen MR) is 146 cm³/mol. The summed E-state index contributed by atoms with van der Waals surface area (Å²) in [6, 6.07) is 13.2. The molecular formula is C29H31N3O4S. The van der Waals surface area contributed by atoms with E-state index in [1.54, 1.807) is 25.5 Å². The van der Waals surface area contributed by atoms with Crippen molar-refractivity contribution >= 4 is 29.1 Å². The van der Waals surface area contributed by atoms with Gasteiger partial charge in [-0.3, -0.25) is 9.36 Å². The number of ether oxygens (including phenoxy) is 2. The Hall–Kier alpha value is -3.65. The molecule has 1 fully saturated rings. The van der Waals surface area contributed by atoms with Crippen LogP contribution in [-0.4, -0.2) is 37.3 Å². The Morgan fingerprint density at radius 3 is 2.65 bits per heavy atom. The lowest BCUT2D eigenvalue weighted by atomic mass is 9.95. The van der Waals surface area contributed by atoms with Crippen molar-refractivity contribution in [3.63, 3.8) is 0 Å². The highest BCUT2D eigenvalue weighted by Crippen LogP contribution is 2.32. The number of carbonyl (C=O) groups excluding carboxylic acids is 1. The third-order valence-corrected chi connectivity index (χ3v) is 7.92. The molecule has 1 aromatic heterocycles. The monoisotopic (exact) mass is 517 g/mol. The van der Waals surface area contributed by atoms with Crippen LogP contribution in [0.15, 0.2) is 63.5 Å². The fourth-order valence-electron chi connectivity index (χ4n) is 5.05. The molecule has 192 valence electrons. The number of nitrogens with zero attached hydrogens (tertiary/aromatic N) is 3. The van der Waals surface area contributed by atoms with E-state index in [2.05, 4.69) is 35.0 Å². The topological polar surface area (TPSA) is 73.1 Å². The van der Waals surface area contributed by atoms with Gasteiger partial charge in [0.2, 0.25) is 0 Å². The van der Waals surface area contributed by atoms with E-state index in [4.69, 9.17) is 9.47 Å². The molecule has 3 heterocycles. The van der Waals surface area contributed by atoms with Gasteiger partial charge in [0, 0.05) is 18.8 Å². The number of fused-ring (bicyclic) bond motifs is 1. The maximum atomic E-state index is 13.8. The van der Waals surface area contributed by atoms with Gasteiger partial charge in [-0.05, 0) is 80.6 Å². The lowest BCUT2D eigenvalue weighted by molar-refractivity contribution is -0.139. The van der Waals surface area contributed by atoms with Gasteiger partial charge in [0.25, 0.3) is 5.56 Å². The van der Waals surface area contributed by atoms with Crippen LogP contribution in [0.5, 0.6) is 5.75 Å². The summed E-state index contributed by atoms with van der Waals surface area (Å²) in [4.78, 5) is 34.5. The average molecular weight is 518 g/mol. The van der Waals surface area contributed by atoms with Gasteiger partial charge in [0.05, 0.1) is 35.6 Å². The Kier molecular flexibility index (Phi) is 7.02. The number of carbonyl (C=O) groups is 1. The first-order chi connectivity index (χ1) is 17.9. The Labute approximate surface area is 220 Å². The molecular weight excluding hydrogens is 486 g/mol. The number of aromatic nitrogens is 1. The molecule has 2 aliphatic heterocycles. The number of methoxy groups -OCH3 is 1. The van der Waals surface area contributed by atoms with Crippen molar-refractivity contribution in [2.45, 2.75) is 39.7 Å². The van der Waals surface area contributed by atoms with Gasteiger partial charge < -0.3 is 14.4 Å². The van der Waals surface area contributed by atoms with Crippen molar-refractivity contribution in [1.82, 2.24) is 4.57 Å². The second-order valence-corrected chi connectivity index (χ2v) is 10.3. The average Bonchev–Trinajstić information content (AvgIpc) is 3.53. The van der Waals surface area contributed by atoms with E-state index >= 15 is 0 Å². The zero-order chi connectivity index (χ0) is 26.1. The number of allylic oxidation sites excluding steroid dienone is 1. The first kappa shape index (κ1) is 25.0. The van der Waals surface area contributed by atoms with Gasteiger partial charge in [-0.25, -0.2) is 9.79 Å². The highest BCUT2D eigenvalue weighted by Gasteiger charge is 2.33. The molecule has 5 rings (SSSR count). The zero-order valence-electron chi connectivity index (χ0n) is 21.6. The maximum Gasteiger partial charge on any atom is 0.338 e. The minimum atomic E-state index is -0.661. The highest BCUT2D eigenvalue weighted by atomic mass is 32.1. The second kappa shape index (κ2) is 10.4. The summed E-state index contributed by atoms with van der Waals surface area (Å²) in [5, 5.41) is 0. The van der Waals surface area contributed by atoms with Crippen LogP contribution in [0.25, 0.3) is 6.08 Å². The molecule has 0 N–H and O–H groups in total. The first-order valence-corrected chi connectivity index (χ1v) is 13.4. The van der Waals surface area contributed by atoms with E-state index in [0.717, 1.165) is 29.8 Å². The molecule has 0 aliphatic carbocycles. The van der Waals surface area contributed by atoms with Gasteiger partial charge in [0.1, 0.15) is 5.75 Å². The van der Waals surface area contributed by atoms with E-state index in [-0.39, 0.29) is 12.2 Å². The van der Waals surface area contributed by atoms with Crippen LogP contribution in [-0.2, 0) is 9.53 Å². The van der Waals surface area contributed by atoms with Crippen molar-refractivity contribution in [3.05, 3.63) is 90.1 Å². The standard InChI is InChI=1S/C29H31N3O4S/c1-5-36-28(34)25-19(3)30-29-32(26(25)21-9-8-10-23(16-21)35-4)27(33)24(37-29)17-20-11-12-22(15-18(20)2)31-13-6-7-14-31/h8-12,15-17,26H,5-7,13-14H2,1-4H3/b24-17+/t26-/m0/s1. The second-order valence-electron chi connectivity index (χ2n) is 9.31. The van der Waals surface area contributed by atoms with E-state index in [0.29, 0.717) is 26.4 Å². The molecule has 8 heteroatoms. The molecule has 37 heavy (non-hydrogen) atoms. The number of hydrogen-bond acceptors (Lipinski definition) is 7. The van der Waals surface area contributed by atoms with Crippen molar-refractivity contribution in [2.24, 2.45) is 4.99 Å². The SMILES string of the molecule is CCOC(=O)C1=C(C)N=c2s/c(=C/c3ccc(N4CCCC4)cc3C)c(=O)n2[C@H]1c1cccc(OC)c1. The molecule has 0 bridgehead atoms. The summed E-state index contributed by atoms with van der Waals surface area (Å²) < 4.78 is 13.0. The van der Waals surface area contributed by atoms with E-state index in [9.17, 15) is 9.59 Å². The van der Waals surface area contributed by atoms with E-state index in [1.165, 1.54) is 29.9 Å². The summed E-state index contributed by atoms with van der Waals surface area (Å²) in [6.07, 6.45) is 4.38. The summed E-state index contributed by atoms with van der Waals surface area (Å²) in [5.74, 6) is 0.172. The van der Waals surface area contributed by atoms with Gasteiger partial charge >= 0.3 is 5.97 Å². The lowest BCUT2D eigenvalue weighted by Crippen LogP contribution is -2.40. The van der Waals surface area contributed by atoms with Crippen molar-refractivity contribution < 1.29 is 14.3 Å². The normalized spacial score (nSPS) is 17.6. The van der Waals surface area contributed by atoms with Gasteiger partial charge in [-0.15, -0.1) is 0 Å². The molecule has 0 amide bonds. The highest BCUT2D eigenvalue weighted by molar-refractivity contribution is 7.07. The predicted octanol–water partition coefficient (Wildman–Crippen LogP) is 3.72. The van der Waals surface area contributed by atoms with Crippen LogP contribution in [0.3, 0.4) is 0 Å². The number of benzene rings is 2. The number of thiazole rings is 1. The Morgan fingerprint density at radius 1 is 1.16 bits per heavy atom. The zero-order valence-corrected chi connectivity index (χ0v) is 22.4. The molecule has 0 saturated carbocycles. The molecule has 1 atom stereocenters. The number of hydrogen-bond donors (Lipinski definition) is 0. The minimum absolute atomic E-state index is 0.186. The van der Waals surface area contributed by atoms with Crippen molar-refractivity contribution in [2.75, 3.05) is 31.7 Å². The van der Waals surface area contributed by atoms with Crippen molar-refractivity contribution in [3.8, 4) is 5.75 Å². The fourth-order valence-corrected chi connectivity index (χ4v) is 6.09. The van der Waals surface area contributed by atoms with Crippen molar-refractivity contribution in [1.29, 1.82) is 0 Å². The fraction of sp³-hybridized carbons (Fsp3) is 0.345. The number of esters is 1. The Balaban J connectivity index is 1.64. The van der Waals surface area contributed by atoms with Crippen LogP contribution in [0.4, 0.5) is 5.69 Å². The van der Waals surface area contributed by atoms with Crippen LogP contribution < -0.4 is 24.5 Å². The van der Waals surface area contributed by atoms with E-state index in [1.807, 2.05) is 30.3 Å². The maximum absolute atomic E-state index is 13.8. The van der Waals surface area contributed by atoms with Crippen LogP contribution in [0.1, 0.15) is 49.4 Å². The molecule has 0 radical (unpaired) electrons. The summed E-state index contributed by atoms with van der Waals surface area (Å²) >= 11 is 1.33. The minimum Gasteiger partial charge on any atom is -0.497 e. The van der Waals surface area contributed by atoms with Crippen LogP contribution in [0, 0.1) is 6.92 Å². The summed E-state index contributed by atoms with van der Waals surface area (Å²) in [7, 11) is 1.59. The van der Waals surface area contributed by atoms with Crippen LogP contribution in [0.2, 0.25) is 0 Å². The van der Waals surface area contributed by atoms with Gasteiger partial charge in [-0.2, -0.15) is 0 Å². The third-order valence-electron chi connectivity index (χ3n) is 6.94. The first-order valence-electron chi connectivity index (χ1n) is 12.6.